The van der Waals surface area contributed by atoms with Crippen molar-refractivity contribution in [2.24, 2.45) is 17.4 Å². The predicted molar refractivity (Wildman–Crippen MR) is 55.3 cm³/mol. The van der Waals surface area contributed by atoms with Gasteiger partial charge in [-0.25, -0.2) is 0 Å². The van der Waals surface area contributed by atoms with Gasteiger partial charge in [0.25, 0.3) is 0 Å². The van der Waals surface area contributed by atoms with Crippen molar-refractivity contribution in [1.29, 1.82) is 0 Å². The van der Waals surface area contributed by atoms with E-state index in [1.165, 1.54) is 0 Å². The molecule has 0 aromatic rings. The van der Waals surface area contributed by atoms with Crippen molar-refractivity contribution in [3.05, 3.63) is 0 Å². The van der Waals surface area contributed by atoms with Gasteiger partial charge in [-0.2, -0.15) is 0 Å². The third-order valence-electron chi connectivity index (χ3n) is 2.12. The second-order valence-electron chi connectivity index (χ2n) is 5.18. The molecule has 0 amide bonds. The average molecular weight is 186 g/mol. The molecule has 0 spiro atoms. The van der Waals surface area contributed by atoms with Crippen LogP contribution in [0.25, 0.3) is 0 Å². The molecule has 4 N–H and O–H groups in total. The van der Waals surface area contributed by atoms with Gasteiger partial charge in [0.05, 0.1) is 0 Å². The highest BCUT2D eigenvalue weighted by atomic mass is 16.1. The molecule has 0 fully saturated rings. The van der Waals surface area contributed by atoms with Gasteiger partial charge in [-0.05, 0) is 41.0 Å². The third-order valence-corrected chi connectivity index (χ3v) is 2.12. The average Bonchev–Trinajstić information content (AvgIpc) is 1.77. The Morgan fingerprint density at radius 1 is 1.23 bits per heavy atom. The summed E-state index contributed by atoms with van der Waals surface area (Å²) in [6.07, 6.45) is 0.631. The summed E-state index contributed by atoms with van der Waals surface area (Å²) in [7, 11) is 0. The zero-order chi connectivity index (χ0) is 10.9. The molecule has 0 aliphatic carbocycles. The zero-order valence-corrected chi connectivity index (χ0v) is 9.35. The smallest absolute Gasteiger partial charge is 0.134 e. The van der Waals surface area contributed by atoms with Crippen LogP contribution in [0.15, 0.2) is 0 Å². The highest BCUT2D eigenvalue weighted by Gasteiger charge is 2.32. The molecule has 0 saturated heterocycles. The Labute approximate surface area is 80.9 Å². The van der Waals surface area contributed by atoms with Crippen LogP contribution in [0.4, 0.5) is 0 Å². The van der Waals surface area contributed by atoms with Crippen molar-refractivity contribution < 1.29 is 4.79 Å². The molecule has 0 rings (SSSR count). The van der Waals surface area contributed by atoms with E-state index in [0.29, 0.717) is 6.42 Å². The first-order valence-electron chi connectivity index (χ1n) is 4.62. The molecule has 1 unspecified atom stereocenters. The van der Waals surface area contributed by atoms with Gasteiger partial charge in [0, 0.05) is 17.0 Å². The summed E-state index contributed by atoms with van der Waals surface area (Å²) in [5, 5.41) is 0. The number of nitrogens with two attached hydrogens (primary N) is 2. The molecule has 78 valence electrons. The van der Waals surface area contributed by atoms with Crippen LogP contribution in [-0.4, -0.2) is 16.9 Å². The second kappa shape index (κ2) is 3.76. The number of carbonyl (C=O) groups is 1. The van der Waals surface area contributed by atoms with Crippen LogP contribution in [0.2, 0.25) is 0 Å². The van der Waals surface area contributed by atoms with Gasteiger partial charge in [-0.1, -0.05) is 0 Å². The zero-order valence-electron chi connectivity index (χ0n) is 9.35. The van der Waals surface area contributed by atoms with Gasteiger partial charge in [0.15, 0.2) is 0 Å². The van der Waals surface area contributed by atoms with Gasteiger partial charge in [-0.15, -0.1) is 0 Å². The number of carbonyl (C=O) groups excluding carboxylic acids is 1. The molecule has 0 radical (unpaired) electrons. The molecular formula is C10H22N2O. The summed E-state index contributed by atoms with van der Waals surface area (Å²) in [6.45, 7) is 9.13. The Bertz CT molecular complexity index is 186. The van der Waals surface area contributed by atoms with Gasteiger partial charge in [0.2, 0.25) is 0 Å². The molecule has 13 heavy (non-hydrogen) atoms. The Balaban J connectivity index is 4.56. The fourth-order valence-electron chi connectivity index (χ4n) is 1.46. The second-order valence-corrected chi connectivity index (χ2v) is 5.18. The highest BCUT2D eigenvalue weighted by Crippen LogP contribution is 2.23. The maximum atomic E-state index is 11.3. The Hall–Kier alpha value is -0.410. The minimum Gasteiger partial charge on any atom is -0.326 e. The first-order valence-corrected chi connectivity index (χ1v) is 4.62. The molecule has 0 bridgehead atoms. The Kier molecular flexibility index (Phi) is 3.64. The van der Waals surface area contributed by atoms with Gasteiger partial charge in [-0.3, -0.25) is 4.79 Å². The first kappa shape index (κ1) is 12.6. The lowest BCUT2D eigenvalue weighted by atomic mass is 9.77. The normalized spacial score (nSPS) is 15.6. The van der Waals surface area contributed by atoms with E-state index < -0.39 is 5.54 Å². The summed E-state index contributed by atoms with van der Waals surface area (Å²) in [5.41, 5.74) is 11.0. The number of ketones is 1. The first-order chi connectivity index (χ1) is 5.54. The molecule has 3 heteroatoms. The Morgan fingerprint density at radius 3 is 1.69 bits per heavy atom. The molecule has 1 atom stereocenters. The van der Waals surface area contributed by atoms with Crippen molar-refractivity contribution in [3.63, 3.8) is 0 Å². The van der Waals surface area contributed by atoms with Crippen LogP contribution in [0, 0.1) is 5.92 Å². The predicted octanol–water partition coefficient (Wildman–Crippen LogP) is 1.06. The number of hydrogen-bond donors (Lipinski definition) is 2. The van der Waals surface area contributed by atoms with Crippen molar-refractivity contribution in [1.82, 2.24) is 0 Å². The molecule has 0 aromatic heterocycles. The lowest BCUT2D eigenvalue weighted by molar-refractivity contribution is -0.123. The third kappa shape index (κ3) is 5.01. The van der Waals surface area contributed by atoms with Crippen molar-refractivity contribution >= 4 is 5.78 Å². The molecule has 0 saturated carbocycles. The van der Waals surface area contributed by atoms with Gasteiger partial charge < -0.3 is 11.5 Å². The van der Waals surface area contributed by atoms with Crippen LogP contribution in [-0.2, 0) is 4.79 Å². The molecule has 0 aliphatic rings. The van der Waals surface area contributed by atoms with Gasteiger partial charge >= 0.3 is 0 Å². The topological polar surface area (TPSA) is 69.1 Å². The van der Waals surface area contributed by atoms with E-state index in [-0.39, 0.29) is 17.2 Å². The minimum atomic E-state index is -0.484. The van der Waals surface area contributed by atoms with Gasteiger partial charge in [0.1, 0.15) is 5.78 Å². The maximum Gasteiger partial charge on any atom is 0.134 e. The van der Waals surface area contributed by atoms with Crippen LogP contribution in [0.1, 0.15) is 41.0 Å². The van der Waals surface area contributed by atoms with E-state index in [1.54, 1.807) is 6.92 Å². The summed E-state index contributed by atoms with van der Waals surface area (Å²) in [5.74, 6) is -0.0430. The summed E-state index contributed by atoms with van der Waals surface area (Å²) in [6, 6.07) is 0. The minimum absolute atomic E-state index is 0.117. The van der Waals surface area contributed by atoms with E-state index in [2.05, 4.69) is 0 Å². The molecule has 0 aliphatic heterocycles. The molecule has 0 aromatic carbocycles. The number of Topliss-reactive ketones (excluding diaryl/α,β-unsaturated/α-hetero) is 1. The Morgan fingerprint density at radius 2 is 1.62 bits per heavy atom. The SMILES string of the molecule is CC(=O)C(CC(C)(C)N)C(C)(C)N. The van der Waals surface area contributed by atoms with E-state index in [9.17, 15) is 4.79 Å². The lowest BCUT2D eigenvalue weighted by Gasteiger charge is -2.33. The largest absolute Gasteiger partial charge is 0.326 e. The van der Waals surface area contributed by atoms with Crippen molar-refractivity contribution in [3.8, 4) is 0 Å². The standard InChI is InChI=1S/C10H22N2O/c1-7(13)8(10(4,5)12)6-9(2,3)11/h8H,6,11-12H2,1-5H3. The monoisotopic (exact) mass is 186 g/mol. The van der Waals surface area contributed by atoms with E-state index >= 15 is 0 Å². The summed E-state index contributed by atoms with van der Waals surface area (Å²) in [4.78, 5) is 11.3. The van der Waals surface area contributed by atoms with E-state index in [1.807, 2.05) is 27.7 Å². The van der Waals surface area contributed by atoms with E-state index in [0.717, 1.165) is 0 Å². The number of rotatable bonds is 4. The summed E-state index contributed by atoms with van der Waals surface area (Å²) < 4.78 is 0. The van der Waals surface area contributed by atoms with Crippen LogP contribution in [0.5, 0.6) is 0 Å². The summed E-state index contributed by atoms with van der Waals surface area (Å²) >= 11 is 0. The molecular weight excluding hydrogens is 164 g/mol. The quantitative estimate of drug-likeness (QED) is 0.689. The van der Waals surface area contributed by atoms with Crippen LogP contribution >= 0.6 is 0 Å². The fraction of sp³-hybridized carbons (Fsp3) is 0.900. The van der Waals surface area contributed by atoms with Crippen LogP contribution < -0.4 is 11.5 Å². The molecule has 3 nitrogen and oxygen atoms in total. The lowest BCUT2D eigenvalue weighted by Crippen LogP contribution is -2.49. The highest BCUT2D eigenvalue weighted by molar-refractivity contribution is 5.79. The fourth-order valence-corrected chi connectivity index (χ4v) is 1.46. The van der Waals surface area contributed by atoms with Crippen molar-refractivity contribution in [2.75, 3.05) is 0 Å². The molecule has 0 heterocycles. The van der Waals surface area contributed by atoms with Crippen molar-refractivity contribution in [2.45, 2.75) is 52.1 Å². The van der Waals surface area contributed by atoms with E-state index in [4.69, 9.17) is 11.5 Å². The van der Waals surface area contributed by atoms with Crippen LogP contribution in [0.3, 0.4) is 0 Å². The number of hydrogen-bond acceptors (Lipinski definition) is 3. The maximum absolute atomic E-state index is 11.3.